The number of hydrogen-bond donors (Lipinski definition) is 1. The van der Waals surface area contributed by atoms with Crippen molar-refractivity contribution in [1.29, 1.82) is 0 Å². The Balaban J connectivity index is 1.68. The molecule has 3 heterocycles. The summed E-state index contributed by atoms with van der Waals surface area (Å²) in [6, 6.07) is 6.28. The Bertz CT molecular complexity index is 429. The van der Waals surface area contributed by atoms with Gasteiger partial charge in [-0.15, -0.1) is 0 Å². The van der Waals surface area contributed by atoms with Crippen LogP contribution in [0.25, 0.3) is 0 Å². The molecule has 2 fully saturated rings. The highest BCUT2D eigenvalue weighted by atomic mass is 16.5. The second-order valence-corrected chi connectivity index (χ2v) is 5.96. The molecular weight excluding hydrogens is 266 g/mol. The summed E-state index contributed by atoms with van der Waals surface area (Å²) in [6.07, 6.45) is 4.57. The normalized spacial score (nSPS) is 29.9. The number of fused-ring (bicyclic) bond motifs is 1. The van der Waals surface area contributed by atoms with Crippen molar-refractivity contribution >= 4 is 5.82 Å². The average Bonchev–Trinajstić information content (AvgIpc) is 2.54. The van der Waals surface area contributed by atoms with Gasteiger partial charge in [-0.1, -0.05) is 6.07 Å². The van der Waals surface area contributed by atoms with E-state index in [1.54, 1.807) is 7.11 Å². The lowest BCUT2D eigenvalue weighted by Crippen LogP contribution is -2.58. The first-order valence-electron chi connectivity index (χ1n) is 7.87. The van der Waals surface area contributed by atoms with Crippen molar-refractivity contribution < 1.29 is 9.47 Å². The van der Waals surface area contributed by atoms with Gasteiger partial charge in [0.2, 0.25) is 0 Å². The first-order valence-corrected chi connectivity index (χ1v) is 7.87. The van der Waals surface area contributed by atoms with E-state index in [0.29, 0.717) is 18.1 Å². The summed E-state index contributed by atoms with van der Waals surface area (Å²) in [5.74, 6) is 1.55. The van der Waals surface area contributed by atoms with Gasteiger partial charge in [-0.25, -0.2) is 4.98 Å². The van der Waals surface area contributed by atoms with Crippen molar-refractivity contribution in [2.45, 2.75) is 25.0 Å². The zero-order valence-electron chi connectivity index (χ0n) is 12.7. The number of hydrogen-bond acceptors (Lipinski definition) is 5. The second kappa shape index (κ2) is 7.20. The van der Waals surface area contributed by atoms with Crippen LogP contribution in [0.4, 0.5) is 5.82 Å². The minimum atomic E-state index is 0.302. The SMILES string of the molecule is COCCN1C[C@@H]2CCCO[C@@H]2[C@H](Nc2ccccn2)C1. The molecule has 3 atom stereocenters. The zero-order chi connectivity index (χ0) is 14.5. The molecule has 2 aliphatic rings. The van der Waals surface area contributed by atoms with Crippen molar-refractivity contribution in [2.75, 3.05) is 45.3 Å². The van der Waals surface area contributed by atoms with Gasteiger partial charge < -0.3 is 14.8 Å². The summed E-state index contributed by atoms with van der Waals surface area (Å²) < 4.78 is 11.3. The molecule has 0 aliphatic carbocycles. The molecule has 0 bridgehead atoms. The van der Waals surface area contributed by atoms with Crippen molar-refractivity contribution in [3.8, 4) is 0 Å². The van der Waals surface area contributed by atoms with Gasteiger partial charge in [-0.3, -0.25) is 4.90 Å². The van der Waals surface area contributed by atoms with E-state index in [1.165, 1.54) is 12.8 Å². The number of rotatable bonds is 5. The molecule has 116 valence electrons. The van der Waals surface area contributed by atoms with Gasteiger partial charge in [0.05, 0.1) is 18.8 Å². The predicted octanol–water partition coefficient (Wildman–Crippen LogP) is 1.62. The van der Waals surface area contributed by atoms with Gasteiger partial charge >= 0.3 is 0 Å². The fraction of sp³-hybridized carbons (Fsp3) is 0.688. The number of anilines is 1. The Hall–Kier alpha value is -1.17. The van der Waals surface area contributed by atoms with Gasteiger partial charge in [0, 0.05) is 39.5 Å². The first kappa shape index (κ1) is 14.8. The van der Waals surface area contributed by atoms with Gasteiger partial charge in [0.15, 0.2) is 0 Å². The molecule has 0 unspecified atom stereocenters. The van der Waals surface area contributed by atoms with Crippen molar-refractivity contribution in [3.05, 3.63) is 24.4 Å². The van der Waals surface area contributed by atoms with Gasteiger partial charge in [0.25, 0.3) is 0 Å². The van der Waals surface area contributed by atoms with Crippen LogP contribution in [-0.4, -0.2) is 62.0 Å². The quantitative estimate of drug-likeness (QED) is 0.893. The second-order valence-electron chi connectivity index (χ2n) is 5.96. The van der Waals surface area contributed by atoms with E-state index in [2.05, 4.69) is 15.2 Å². The molecule has 3 rings (SSSR count). The highest BCUT2D eigenvalue weighted by Gasteiger charge is 2.39. The molecule has 0 saturated carbocycles. The number of piperidine rings is 1. The molecule has 2 saturated heterocycles. The molecule has 0 radical (unpaired) electrons. The number of nitrogens with one attached hydrogen (secondary N) is 1. The summed E-state index contributed by atoms with van der Waals surface area (Å²) in [5.41, 5.74) is 0. The topological polar surface area (TPSA) is 46.6 Å². The van der Waals surface area contributed by atoms with Crippen molar-refractivity contribution in [2.24, 2.45) is 5.92 Å². The van der Waals surface area contributed by atoms with Crippen LogP contribution in [0, 0.1) is 5.92 Å². The fourth-order valence-electron chi connectivity index (χ4n) is 3.46. The van der Waals surface area contributed by atoms with E-state index < -0.39 is 0 Å². The minimum absolute atomic E-state index is 0.302. The van der Waals surface area contributed by atoms with Crippen LogP contribution in [0.1, 0.15) is 12.8 Å². The number of ether oxygens (including phenoxy) is 2. The Morgan fingerprint density at radius 1 is 1.43 bits per heavy atom. The maximum absolute atomic E-state index is 6.07. The smallest absolute Gasteiger partial charge is 0.126 e. The van der Waals surface area contributed by atoms with Crippen LogP contribution < -0.4 is 5.32 Å². The largest absolute Gasteiger partial charge is 0.383 e. The standard InChI is InChI=1S/C16H25N3O2/c1-20-10-8-19-11-13-5-4-9-21-16(13)14(12-19)18-15-6-2-3-7-17-15/h2-3,6-7,13-14,16H,4-5,8-12H2,1H3,(H,17,18)/t13-,14+,16-/m0/s1. The molecule has 1 aromatic heterocycles. The third kappa shape index (κ3) is 3.73. The third-order valence-electron chi connectivity index (χ3n) is 4.45. The molecule has 5 heteroatoms. The Kier molecular flexibility index (Phi) is 5.06. The van der Waals surface area contributed by atoms with E-state index in [4.69, 9.17) is 9.47 Å². The van der Waals surface area contributed by atoms with E-state index in [1.807, 2.05) is 24.4 Å². The van der Waals surface area contributed by atoms with Crippen LogP contribution in [0.15, 0.2) is 24.4 Å². The number of likely N-dealkylation sites (tertiary alicyclic amines) is 1. The Labute approximate surface area is 126 Å². The van der Waals surface area contributed by atoms with Crippen LogP contribution in [-0.2, 0) is 9.47 Å². The third-order valence-corrected chi connectivity index (χ3v) is 4.45. The van der Waals surface area contributed by atoms with Crippen molar-refractivity contribution in [3.63, 3.8) is 0 Å². The summed E-state index contributed by atoms with van der Waals surface area (Å²) in [4.78, 5) is 6.87. The molecule has 21 heavy (non-hydrogen) atoms. The van der Waals surface area contributed by atoms with Crippen LogP contribution in [0.2, 0.25) is 0 Å². The maximum atomic E-state index is 6.07. The molecule has 0 amide bonds. The highest BCUT2D eigenvalue weighted by molar-refractivity contribution is 5.35. The number of nitrogens with zero attached hydrogens (tertiary/aromatic N) is 2. The van der Waals surface area contributed by atoms with Gasteiger partial charge in [0.1, 0.15) is 5.82 Å². The Morgan fingerprint density at radius 2 is 2.38 bits per heavy atom. The molecule has 0 spiro atoms. The van der Waals surface area contributed by atoms with Gasteiger partial charge in [-0.05, 0) is 30.9 Å². The fourth-order valence-corrected chi connectivity index (χ4v) is 3.46. The summed E-state index contributed by atoms with van der Waals surface area (Å²) in [6.45, 7) is 4.77. The summed E-state index contributed by atoms with van der Waals surface area (Å²) in [7, 11) is 1.76. The van der Waals surface area contributed by atoms with Crippen LogP contribution in [0.3, 0.4) is 0 Å². The molecular formula is C16H25N3O2. The summed E-state index contributed by atoms with van der Waals surface area (Å²) >= 11 is 0. The predicted molar refractivity (Wildman–Crippen MR) is 82.4 cm³/mol. The lowest BCUT2D eigenvalue weighted by molar-refractivity contribution is -0.0754. The zero-order valence-corrected chi connectivity index (χ0v) is 12.7. The average molecular weight is 291 g/mol. The van der Waals surface area contributed by atoms with E-state index >= 15 is 0 Å². The van der Waals surface area contributed by atoms with Crippen molar-refractivity contribution in [1.82, 2.24) is 9.88 Å². The molecule has 5 nitrogen and oxygen atoms in total. The van der Waals surface area contributed by atoms with E-state index in [-0.39, 0.29) is 0 Å². The Morgan fingerprint density at radius 3 is 3.19 bits per heavy atom. The number of pyridine rings is 1. The lowest BCUT2D eigenvalue weighted by atomic mass is 9.85. The van der Waals surface area contributed by atoms with Crippen LogP contribution in [0.5, 0.6) is 0 Å². The van der Waals surface area contributed by atoms with Crippen LogP contribution >= 0.6 is 0 Å². The molecule has 0 aromatic carbocycles. The molecule has 1 N–H and O–H groups in total. The number of methoxy groups -OCH3 is 1. The minimum Gasteiger partial charge on any atom is -0.383 e. The maximum Gasteiger partial charge on any atom is 0.126 e. The lowest BCUT2D eigenvalue weighted by Gasteiger charge is -2.46. The van der Waals surface area contributed by atoms with Gasteiger partial charge in [-0.2, -0.15) is 0 Å². The first-order chi connectivity index (χ1) is 10.4. The molecule has 2 aliphatic heterocycles. The van der Waals surface area contributed by atoms with E-state index in [0.717, 1.165) is 38.7 Å². The summed E-state index contributed by atoms with van der Waals surface area (Å²) in [5, 5.41) is 3.57. The van der Waals surface area contributed by atoms with E-state index in [9.17, 15) is 0 Å². The number of aromatic nitrogens is 1. The monoisotopic (exact) mass is 291 g/mol. The highest BCUT2D eigenvalue weighted by Crippen LogP contribution is 2.29. The molecule has 1 aromatic rings.